The van der Waals surface area contributed by atoms with Crippen molar-refractivity contribution in [2.24, 2.45) is 0 Å². The Bertz CT molecular complexity index is 510. The van der Waals surface area contributed by atoms with Crippen molar-refractivity contribution in [3.63, 3.8) is 0 Å². The highest BCUT2D eigenvalue weighted by atomic mass is 79.9. The van der Waals surface area contributed by atoms with Crippen LogP contribution in [0.5, 0.6) is 0 Å². The lowest BCUT2D eigenvalue weighted by Gasteiger charge is -2.16. The normalized spacial score (nSPS) is 12.6. The Balaban J connectivity index is 2.17. The third kappa shape index (κ3) is 3.64. The van der Waals surface area contributed by atoms with E-state index in [-0.39, 0.29) is 0 Å². The van der Waals surface area contributed by atoms with Crippen LogP contribution in [0.2, 0.25) is 0 Å². The van der Waals surface area contributed by atoms with Gasteiger partial charge in [-0.3, -0.25) is 0 Å². The molecule has 2 aromatic rings. The zero-order valence-electron chi connectivity index (χ0n) is 10.6. The van der Waals surface area contributed by atoms with Gasteiger partial charge in [0.15, 0.2) is 0 Å². The van der Waals surface area contributed by atoms with E-state index in [0.717, 1.165) is 22.4 Å². The van der Waals surface area contributed by atoms with Crippen LogP contribution < -0.4 is 5.32 Å². The van der Waals surface area contributed by atoms with Crippen LogP contribution in [0.1, 0.15) is 21.4 Å². The van der Waals surface area contributed by atoms with Crippen LogP contribution in [-0.2, 0) is 6.42 Å². The van der Waals surface area contributed by atoms with E-state index < -0.39 is 0 Å². The molecule has 0 aliphatic carbocycles. The largest absolute Gasteiger partial charge is 0.319 e. The molecular weight excluding hydrogens is 308 g/mol. The predicted molar refractivity (Wildman–Crippen MR) is 81.4 cm³/mol. The zero-order valence-corrected chi connectivity index (χ0v) is 13.0. The molecule has 0 spiro atoms. The van der Waals surface area contributed by atoms with Crippen LogP contribution in [0.4, 0.5) is 0 Å². The summed E-state index contributed by atoms with van der Waals surface area (Å²) >= 11 is 5.33. The first-order chi connectivity index (χ1) is 8.69. The van der Waals surface area contributed by atoms with Crippen molar-refractivity contribution in [3.8, 4) is 0 Å². The molecule has 1 heterocycles. The molecule has 0 aliphatic rings. The minimum atomic E-state index is 0.493. The molecule has 1 aromatic heterocycles. The van der Waals surface area contributed by atoms with Gasteiger partial charge in [-0.25, -0.2) is 4.98 Å². The topological polar surface area (TPSA) is 24.9 Å². The van der Waals surface area contributed by atoms with Crippen LogP contribution in [0.15, 0.2) is 34.9 Å². The first-order valence-electron chi connectivity index (χ1n) is 6.00. The number of hydrogen-bond acceptors (Lipinski definition) is 3. The molecule has 0 saturated carbocycles. The molecule has 0 amide bonds. The standard InChI is InChI=1S/C14H17BrN2S/c1-10-17-9-14(18-10)7-12(8-16-2)11-4-3-5-13(15)6-11/h3-6,9,12,16H,7-8H2,1-2H3. The molecular formula is C14H17BrN2S. The molecule has 2 nitrogen and oxygen atoms in total. The molecule has 2 rings (SSSR count). The fourth-order valence-corrected chi connectivity index (χ4v) is 3.35. The number of rotatable bonds is 5. The van der Waals surface area contributed by atoms with E-state index in [9.17, 15) is 0 Å². The molecule has 4 heteroatoms. The van der Waals surface area contributed by atoms with Gasteiger partial charge in [-0.15, -0.1) is 11.3 Å². The Hall–Kier alpha value is -0.710. The molecule has 0 saturated heterocycles. The molecule has 18 heavy (non-hydrogen) atoms. The smallest absolute Gasteiger partial charge is 0.0896 e. The number of aryl methyl sites for hydroxylation is 1. The quantitative estimate of drug-likeness (QED) is 0.905. The second-order valence-corrected chi connectivity index (χ2v) is 6.59. The number of hydrogen-bond donors (Lipinski definition) is 1. The third-order valence-corrected chi connectivity index (χ3v) is 4.32. The maximum Gasteiger partial charge on any atom is 0.0896 e. The predicted octanol–water partition coefficient (Wildman–Crippen LogP) is 3.76. The first kappa shape index (κ1) is 13.7. The fourth-order valence-electron chi connectivity index (χ4n) is 2.06. The number of halogens is 1. The maximum atomic E-state index is 4.33. The molecule has 1 N–H and O–H groups in total. The summed E-state index contributed by atoms with van der Waals surface area (Å²) in [6, 6.07) is 8.56. The Kier molecular flexibility index (Phi) is 4.92. The van der Waals surface area contributed by atoms with E-state index in [1.54, 1.807) is 11.3 Å². The molecule has 0 radical (unpaired) electrons. The summed E-state index contributed by atoms with van der Waals surface area (Å²) in [4.78, 5) is 5.68. The third-order valence-electron chi connectivity index (χ3n) is 2.89. The lowest BCUT2D eigenvalue weighted by molar-refractivity contribution is 0.629. The van der Waals surface area contributed by atoms with Crippen molar-refractivity contribution in [2.75, 3.05) is 13.6 Å². The molecule has 0 bridgehead atoms. The van der Waals surface area contributed by atoms with Crippen LogP contribution in [-0.4, -0.2) is 18.6 Å². The summed E-state index contributed by atoms with van der Waals surface area (Å²) < 4.78 is 1.14. The second-order valence-electron chi connectivity index (χ2n) is 4.36. The number of benzene rings is 1. The Labute approximate surface area is 121 Å². The van der Waals surface area contributed by atoms with Gasteiger partial charge in [0.2, 0.25) is 0 Å². The van der Waals surface area contributed by atoms with Gasteiger partial charge in [0, 0.05) is 28.0 Å². The van der Waals surface area contributed by atoms with Gasteiger partial charge in [-0.05, 0) is 38.1 Å². The average molecular weight is 325 g/mol. The highest BCUT2D eigenvalue weighted by molar-refractivity contribution is 9.10. The molecule has 1 unspecified atom stereocenters. The van der Waals surface area contributed by atoms with Crippen molar-refractivity contribution >= 4 is 27.3 Å². The minimum Gasteiger partial charge on any atom is -0.319 e. The number of nitrogens with zero attached hydrogens (tertiary/aromatic N) is 1. The van der Waals surface area contributed by atoms with Crippen molar-refractivity contribution < 1.29 is 0 Å². The highest BCUT2D eigenvalue weighted by Gasteiger charge is 2.13. The van der Waals surface area contributed by atoms with Crippen molar-refractivity contribution in [2.45, 2.75) is 19.3 Å². The lowest BCUT2D eigenvalue weighted by atomic mass is 9.95. The highest BCUT2D eigenvalue weighted by Crippen LogP contribution is 2.25. The average Bonchev–Trinajstić information content (AvgIpc) is 2.74. The van der Waals surface area contributed by atoms with Gasteiger partial charge in [-0.2, -0.15) is 0 Å². The van der Waals surface area contributed by atoms with Gasteiger partial charge < -0.3 is 5.32 Å². The van der Waals surface area contributed by atoms with Gasteiger partial charge >= 0.3 is 0 Å². The number of likely N-dealkylation sites (N-methyl/N-ethyl adjacent to an activating group) is 1. The summed E-state index contributed by atoms with van der Waals surface area (Å²) in [5, 5.41) is 4.42. The van der Waals surface area contributed by atoms with E-state index >= 15 is 0 Å². The maximum absolute atomic E-state index is 4.33. The van der Waals surface area contributed by atoms with Gasteiger partial charge in [0.1, 0.15) is 0 Å². The van der Waals surface area contributed by atoms with Crippen molar-refractivity contribution in [3.05, 3.63) is 50.4 Å². The summed E-state index contributed by atoms with van der Waals surface area (Å²) in [5.74, 6) is 0.493. The second kappa shape index (κ2) is 6.45. The van der Waals surface area contributed by atoms with Crippen molar-refractivity contribution in [1.29, 1.82) is 0 Å². The summed E-state index contributed by atoms with van der Waals surface area (Å²) in [5.41, 5.74) is 1.37. The summed E-state index contributed by atoms with van der Waals surface area (Å²) in [6.07, 6.45) is 3.05. The van der Waals surface area contributed by atoms with Crippen LogP contribution in [0.3, 0.4) is 0 Å². The molecule has 0 fully saturated rings. The summed E-state index contributed by atoms with van der Waals surface area (Å²) in [7, 11) is 2.00. The van der Waals surface area contributed by atoms with E-state index in [0.29, 0.717) is 5.92 Å². The van der Waals surface area contributed by atoms with Crippen LogP contribution >= 0.6 is 27.3 Å². The minimum absolute atomic E-state index is 0.493. The number of nitrogens with one attached hydrogen (secondary N) is 1. The van der Waals surface area contributed by atoms with E-state index in [2.05, 4.69) is 57.4 Å². The fraction of sp³-hybridized carbons (Fsp3) is 0.357. The van der Waals surface area contributed by atoms with Crippen LogP contribution in [0, 0.1) is 6.92 Å². The molecule has 1 aromatic carbocycles. The Morgan fingerprint density at radius 3 is 2.89 bits per heavy atom. The lowest BCUT2D eigenvalue weighted by Crippen LogP contribution is -2.18. The van der Waals surface area contributed by atoms with Gasteiger partial charge in [-0.1, -0.05) is 28.1 Å². The molecule has 1 atom stereocenters. The van der Waals surface area contributed by atoms with E-state index in [4.69, 9.17) is 0 Å². The summed E-state index contributed by atoms with van der Waals surface area (Å²) in [6.45, 7) is 3.04. The number of aromatic nitrogens is 1. The van der Waals surface area contributed by atoms with Gasteiger partial charge in [0.25, 0.3) is 0 Å². The zero-order chi connectivity index (χ0) is 13.0. The number of thiazole rings is 1. The Morgan fingerprint density at radius 1 is 1.44 bits per heavy atom. The molecule has 96 valence electrons. The van der Waals surface area contributed by atoms with Crippen molar-refractivity contribution in [1.82, 2.24) is 10.3 Å². The monoisotopic (exact) mass is 324 g/mol. The van der Waals surface area contributed by atoms with E-state index in [1.807, 2.05) is 13.2 Å². The van der Waals surface area contributed by atoms with E-state index in [1.165, 1.54) is 10.4 Å². The Morgan fingerprint density at radius 2 is 2.28 bits per heavy atom. The molecule has 0 aliphatic heterocycles. The van der Waals surface area contributed by atoms with Crippen LogP contribution in [0.25, 0.3) is 0 Å². The first-order valence-corrected chi connectivity index (χ1v) is 7.61. The van der Waals surface area contributed by atoms with Gasteiger partial charge in [0.05, 0.1) is 5.01 Å². The SMILES string of the molecule is CNCC(Cc1cnc(C)s1)c1cccc(Br)c1.